The van der Waals surface area contributed by atoms with Crippen LogP contribution in [0.4, 0.5) is 0 Å². The lowest BCUT2D eigenvalue weighted by molar-refractivity contribution is 0.0711. The Morgan fingerprint density at radius 1 is 1.11 bits per heavy atom. The first-order valence-corrected chi connectivity index (χ1v) is 9.36. The highest BCUT2D eigenvalue weighted by Gasteiger charge is 2.26. The number of nitrogens with zero attached hydrogens (tertiary/aromatic N) is 1. The van der Waals surface area contributed by atoms with Gasteiger partial charge < -0.3 is 15.6 Å². The van der Waals surface area contributed by atoms with Gasteiger partial charge in [-0.3, -0.25) is 9.59 Å². The molecule has 5 nitrogen and oxygen atoms in total. The minimum absolute atomic E-state index is 0.184. The summed E-state index contributed by atoms with van der Waals surface area (Å²) in [6.45, 7) is 1.85. The molecule has 0 spiro atoms. The molecule has 5 heteroatoms. The third-order valence-corrected chi connectivity index (χ3v) is 5.46. The number of pyridine rings is 1. The van der Waals surface area contributed by atoms with Gasteiger partial charge in [0.25, 0.3) is 5.91 Å². The zero-order valence-corrected chi connectivity index (χ0v) is 15.2. The topological polar surface area (TPSA) is 79.2 Å². The Labute approximate surface area is 157 Å². The van der Waals surface area contributed by atoms with E-state index in [0.29, 0.717) is 30.9 Å². The first-order chi connectivity index (χ1) is 13.2. The summed E-state index contributed by atoms with van der Waals surface area (Å²) in [5.41, 5.74) is 8.93. The lowest BCUT2D eigenvalue weighted by Crippen LogP contribution is -2.40. The summed E-state index contributed by atoms with van der Waals surface area (Å²) in [6, 6.07) is 15.6. The van der Waals surface area contributed by atoms with Crippen LogP contribution in [0.2, 0.25) is 0 Å². The van der Waals surface area contributed by atoms with E-state index >= 15 is 0 Å². The maximum Gasteiger partial charge on any atom is 0.259 e. The Hall–Kier alpha value is -2.92. The summed E-state index contributed by atoms with van der Waals surface area (Å²) in [6.07, 6.45) is 3.33. The molecule has 2 aromatic carbocycles. The molecule has 1 aromatic heterocycles. The van der Waals surface area contributed by atoms with Gasteiger partial charge in [0.05, 0.1) is 0 Å². The van der Waals surface area contributed by atoms with Crippen molar-refractivity contribution in [2.24, 2.45) is 5.73 Å². The van der Waals surface area contributed by atoms with Crippen molar-refractivity contribution in [2.45, 2.75) is 25.3 Å². The number of fused-ring (bicyclic) bond motifs is 1. The zero-order valence-electron chi connectivity index (χ0n) is 15.2. The second-order valence-electron chi connectivity index (χ2n) is 7.09. The van der Waals surface area contributed by atoms with Crippen LogP contribution in [-0.4, -0.2) is 28.9 Å². The van der Waals surface area contributed by atoms with E-state index in [0.717, 1.165) is 23.9 Å². The van der Waals surface area contributed by atoms with Gasteiger partial charge in [0, 0.05) is 36.7 Å². The summed E-state index contributed by atoms with van der Waals surface area (Å²) in [7, 11) is 0. The van der Waals surface area contributed by atoms with Crippen LogP contribution in [-0.2, 0) is 6.54 Å². The van der Waals surface area contributed by atoms with E-state index in [-0.39, 0.29) is 16.9 Å². The van der Waals surface area contributed by atoms with Gasteiger partial charge in [-0.2, -0.15) is 0 Å². The second-order valence-corrected chi connectivity index (χ2v) is 7.09. The van der Waals surface area contributed by atoms with Gasteiger partial charge in [-0.25, -0.2) is 0 Å². The number of carbonyl (C=O) groups is 1. The maximum atomic E-state index is 12.9. The zero-order chi connectivity index (χ0) is 18.8. The van der Waals surface area contributed by atoms with Gasteiger partial charge in [-0.15, -0.1) is 0 Å². The summed E-state index contributed by atoms with van der Waals surface area (Å²) in [5, 5.41) is 0.553. The molecule has 0 unspecified atom stereocenters. The first-order valence-electron chi connectivity index (χ1n) is 9.36. The molecule has 4 rings (SSSR count). The van der Waals surface area contributed by atoms with Gasteiger partial charge >= 0.3 is 0 Å². The quantitative estimate of drug-likeness (QED) is 0.753. The summed E-state index contributed by atoms with van der Waals surface area (Å²) in [4.78, 5) is 30.4. The number of likely N-dealkylation sites (tertiary alicyclic amines) is 1. The number of nitrogens with one attached hydrogen (secondary N) is 1. The first kappa shape index (κ1) is 17.5. The number of aromatic nitrogens is 1. The Bertz CT molecular complexity index is 1030. The molecule has 1 amide bonds. The summed E-state index contributed by atoms with van der Waals surface area (Å²) in [5.74, 6) is 0.242. The molecule has 1 aliphatic heterocycles. The molecule has 0 bridgehead atoms. The molecule has 0 saturated carbocycles. The molecule has 0 atom stereocenters. The van der Waals surface area contributed by atoms with E-state index in [4.69, 9.17) is 5.73 Å². The van der Waals surface area contributed by atoms with Crippen LogP contribution in [0.3, 0.4) is 0 Å². The molecule has 0 aliphatic carbocycles. The lowest BCUT2D eigenvalue weighted by Gasteiger charge is -2.32. The highest BCUT2D eigenvalue weighted by molar-refractivity contribution is 5.97. The number of para-hydroxylation sites is 1. The number of carbonyl (C=O) groups excluding carboxylic acids is 1. The Morgan fingerprint density at radius 3 is 2.67 bits per heavy atom. The molecule has 138 valence electrons. The number of benzene rings is 2. The van der Waals surface area contributed by atoms with Crippen molar-refractivity contribution in [1.29, 1.82) is 0 Å². The molecule has 2 heterocycles. The second kappa shape index (κ2) is 7.37. The molecule has 1 aliphatic rings. The number of nitrogens with two attached hydrogens (primary N) is 1. The number of amides is 1. The maximum absolute atomic E-state index is 12.9. The predicted molar refractivity (Wildman–Crippen MR) is 107 cm³/mol. The van der Waals surface area contributed by atoms with E-state index < -0.39 is 0 Å². The van der Waals surface area contributed by atoms with Crippen molar-refractivity contribution in [3.63, 3.8) is 0 Å². The molecule has 1 fully saturated rings. The van der Waals surface area contributed by atoms with Crippen molar-refractivity contribution in [3.05, 3.63) is 81.6 Å². The van der Waals surface area contributed by atoms with Crippen LogP contribution < -0.4 is 11.2 Å². The fourth-order valence-electron chi connectivity index (χ4n) is 3.89. The van der Waals surface area contributed by atoms with E-state index in [1.807, 2.05) is 30.3 Å². The van der Waals surface area contributed by atoms with Crippen molar-refractivity contribution in [2.75, 3.05) is 13.1 Å². The minimum atomic E-state index is -0.202. The van der Waals surface area contributed by atoms with Crippen molar-refractivity contribution in [3.8, 4) is 0 Å². The van der Waals surface area contributed by atoms with E-state index in [9.17, 15) is 9.59 Å². The van der Waals surface area contributed by atoms with Crippen molar-refractivity contribution < 1.29 is 4.79 Å². The van der Waals surface area contributed by atoms with Gasteiger partial charge in [0.1, 0.15) is 5.56 Å². The molecule has 3 N–H and O–H groups in total. The average Bonchev–Trinajstić information content (AvgIpc) is 2.74. The molecule has 3 aromatic rings. The predicted octanol–water partition coefficient (Wildman–Crippen LogP) is 3.01. The standard InChI is InChI=1S/C22H23N3O2/c23-13-15-4-3-5-17(12-15)16-8-10-25(11-9-16)22(27)19-14-24-20-7-2-1-6-18(20)21(19)26/h1-7,12,14,16H,8-11,13,23H2,(H,24,26). The van der Waals surface area contributed by atoms with Crippen molar-refractivity contribution in [1.82, 2.24) is 9.88 Å². The normalized spacial score (nSPS) is 15.2. The molecule has 27 heavy (non-hydrogen) atoms. The van der Waals surface area contributed by atoms with Crippen LogP contribution in [0.15, 0.2) is 59.5 Å². The monoisotopic (exact) mass is 361 g/mol. The molecule has 1 saturated heterocycles. The van der Waals surface area contributed by atoms with E-state index in [2.05, 4.69) is 17.1 Å². The Balaban J connectivity index is 1.50. The number of rotatable bonds is 3. The highest BCUT2D eigenvalue weighted by atomic mass is 16.2. The van der Waals surface area contributed by atoms with Crippen LogP contribution in [0.25, 0.3) is 10.9 Å². The fraction of sp³-hybridized carbons (Fsp3) is 0.273. The Morgan fingerprint density at radius 2 is 1.89 bits per heavy atom. The number of aromatic amines is 1. The smallest absolute Gasteiger partial charge is 0.259 e. The fourth-order valence-corrected chi connectivity index (χ4v) is 3.89. The summed E-state index contributed by atoms with van der Waals surface area (Å²) < 4.78 is 0. The molecule has 0 radical (unpaired) electrons. The van der Waals surface area contributed by atoms with Gasteiger partial charge in [-0.05, 0) is 42.0 Å². The number of piperidine rings is 1. The highest BCUT2D eigenvalue weighted by Crippen LogP contribution is 2.29. The minimum Gasteiger partial charge on any atom is -0.360 e. The van der Waals surface area contributed by atoms with Crippen LogP contribution >= 0.6 is 0 Å². The SMILES string of the molecule is NCc1cccc(C2CCN(C(=O)c3c[nH]c4ccccc4c3=O)CC2)c1. The van der Waals surface area contributed by atoms with Gasteiger partial charge in [0.2, 0.25) is 5.43 Å². The molecular formula is C22H23N3O2. The average molecular weight is 361 g/mol. The molecular weight excluding hydrogens is 338 g/mol. The van der Waals surface area contributed by atoms with Crippen LogP contribution in [0.5, 0.6) is 0 Å². The van der Waals surface area contributed by atoms with Crippen LogP contribution in [0.1, 0.15) is 40.2 Å². The number of H-pyrrole nitrogens is 1. The Kier molecular flexibility index (Phi) is 4.77. The van der Waals surface area contributed by atoms with E-state index in [1.54, 1.807) is 17.2 Å². The largest absolute Gasteiger partial charge is 0.360 e. The third kappa shape index (κ3) is 3.38. The van der Waals surface area contributed by atoms with Crippen molar-refractivity contribution >= 4 is 16.8 Å². The van der Waals surface area contributed by atoms with Crippen LogP contribution in [0, 0.1) is 0 Å². The van der Waals surface area contributed by atoms with E-state index in [1.165, 1.54) is 5.56 Å². The summed E-state index contributed by atoms with van der Waals surface area (Å²) >= 11 is 0. The van der Waals surface area contributed by atoms with Gasteiger partial charge in [-0.1, -0.05) is 36.4 Å². The third-order valence-electron chi connectivity index (χ3n) is 5.46. The number of hydrogen-bond acceptors (Lipinski definition) is 3. The number of hydrogen-bond donors (Lipinski definition) is 2. The lowest BCUT2D eigenvalue weighted by atomic mass is 9.88. The van der Waals surface area contributed by atoms with Gasteiger partial charge in [0.15, 0.2) is 0 Å².